The predicted octanol–water partition coefficient (Wildman–Crippen LogP) is 2.49. The molecular formula is C23H24F3N3O5. The minimum atomic E-state index is -1.19. The SMILES string of the molecule is CC[C@]1(OC)CCCN2C[C@H]1n1cc(C(=O)NCc3c(F)cc(F)cc3F)c(=O)c(O)c1C2=O. The Kier molecular flexibility index (Phi) is 6.15. The highest BCUT2D eigenvalue weighted by molar-refractivity contribution is 5.99. The van der Waals surface area contributed by atoms with Gasteiger partial charge in [-0.2, -0.15) is 0 Å². The van der Waals surface area contributed by atoms with E-state index in [0.29, 0.717) is 37.9 Å². The Balaban J connectivity index is 1.75. The van der Waals surface area contributed by atoms with E-state index in [9.17, 15) is 32.7 Å². The summed E-state index contributed by atoms with van der Waals surface area (Å²) >= 11 is 0. The fourth-order valence-electron chi connectivity index (χ4n) is 4.92. The zero-order valence-electron chi connectivity index (χ0n) is 18.7. The number of ether oxygens (including phenoxy) is 1. The molecule has 0 radical (unpaired) electrons. The lowest BCUT2D eigenvalue weighted by atomic mass is 9.85. The highest BCUT2D eigenvalue weighted by atomic mass is 19.1. The van der Waals surface area contributed by atoms with Crippen LogP contribution in [0.15, 0.2) is 23.1 Å². The molecule has 1 aromatic heterocycles. The lowest BCUT2D eigenvalue weighted by Gasteiger charge is -2.43. The summed E-state index contributed by atoms with van der Waals surface area (Å²) in [6.45, 7) is 1.97. The average molecular weight is 479 g/mol. The standard InChI is InChI=1S/C23H24F3N3O5/c1-3-23(34-2)5-4-6-28-11-17(23)29-10-14(19(30)20(31)18(29)22(28)33)21(32)27-9-13-15(25)7-12(24)8-16(13)26/h7-8,10,17,31H,3-6,9,11H2,1-2H3,(H,27,32)/t17-,23+/m1/s1. The van der Waals surface area contributed by atoms with Crippen LogP contribution in [0.4, 0.5) is 13.2 Å². The Morgan fingerprint density at radius 3 is 2.56 bits per heavy atom. The zero-order chi connectivity index (χ0) is 24.8. The molecule has 182 valence electrons. The normalized spacial score (nSPS) is 21.7. The Bertz CT molecular complexity index is 1200. The number of hydrogen-bond donors (Lipinski definition) is 2. The van der Waals surface area contributed by atoms with E-state index in [1.54, 1.807) is 12.0 Å². The molecule has 0 unspecified atom stereocenters. The monoisotopic (exact) mass is 479 g/mol. The quantitative estimate of drug-likeness (QED) is 0.687. The van der Waals surface area contributed by atoms with Gasteiger partial charge in [-0.25, -0.2) is 13.2 Å². The van der Waals surface area contributed by atoms with Crippen molar-refractivity contribution in [1.82, 2.24) is 14.8 Å². The molecular weight excluding hydrogens is 455 g/mol. The first-order valence-electron chi connectivity index (χ1n) is 10.9. The molecule has 0 saturated carbocycles. The Morgan fingerprint density at radius 2 is 1.94 bits per heavy atom. The number of methoxy groups -OCH3 is 1. The van der Waals surface area contributed by atoms with Gasteiger partial charge in [-0.05, 0) is 19.3 Å². The van der Waals surface area contributed by atoms with E-state index in [1.165, 1.54) is 10.8 Å². The van der Waals surface area contributed by atoms with E-state index in [1.807, 2.05) is 6.92 Å². The number of nitrogens with zero attached hydrogens (tertiary/aromatic N) is 2. The number of fused-ring (bicyclic) bond motifs is 4. The number of carbonyl (C=O) groups is 2. The third-order valence-electron chi connectivity index (χ3n) is 6.85. The summed E-state index contributed by atoms with van der Waals surface area (Å²) in [6, 6.07) is 0.466. The molecule has 2 amide bonds. The number of aromatic nitrogens is 1. The molecule has 2 bridgehead atoms. The van der Waals surface area contributed by atoms with Crippen LogP contribution in [0.2, 0.25) is 0 Å². The van der Waals surface area contributed by atoms with E-state index in [4.69, 9.17) is 4.74 Å². The number of amides is 2. The van der Waals surface area contributed by atoms with Gasteiger partial charge in [0.15, 0.2) is 11.4 Å². The van der Waals surface area contributed by atoms with Gasteiger partial charge in [-0.1, -0.05) is 6.92 Å². The van der Waals surface area contributed by atoms with E-state index < -0.39 is 69.8 Å². The third-order valence-corrected chi connectivity index (χ3v) is 6.85. The molecule has 4 rings (SSSR count). The van der Waals surface area contributed by atoms with E-state index >= 15 is 0 Å². The molecule has 2 atom stereocenters. The molecule has 1 fully saturated rings. The van der Waals surface area contributed by atoms with E-state index in [2.05, 4.69) is 5.32 Å². The van der Waals surface area contributed by atoms with Gasteiger partial charge in [0.25, 0.3) is 11.8 Å². The van der Waals surface area contributed by atoms with Crippen molar-refractivity contribution in [2.24, 2.45) is 0 Å². The predicted molar refractivity (Wildman–Crippen MR) is 114 cm³/mol. The van der Waals surface area contributed by atoms with Crippen LogP contribution in [0.5, 0.6) is 5.75 Å². The number of aromatic hydroxyl groups is 1. The van der Waals surface area contributed by atoms with Crippen LogP contribution in [0.1, 0.15) is 58.6 Å². The lowest BCUT2D eigenvalue weighted by molar-refractivity contribution is -0.0635. The summed E-state index contributed by atoms with van der Waals surface area (Å²) in [4.78, 5) is 40.1. The number of nitrogens with one attached hydrogen (secondary N) is 1. The van der Waals surface area contributed by atoms with Crippen molar-refractivity contribution < 1.29 is 32.6 Å². The van der Waals surface area contributed by atoms with Crippen LogP contribution >= 0.6 is 0 Å². The number of benzene rings is 1. The zero-order valence-corrected chi connectivity index (χ0v) is 18.7. The molecule has 0 spiro atoms. The fraction of sp³-hybridized carbons (Fsp3) is 0.435. The van der Waals surface area contributed by atoms with Crippen LogP contribution in [0.3, 0.4) is 0 Å². The molecule has 2 aromatic rings. The highest BCUT2D eigenvalue weighted by Crippen LogP contribution is 2.41. The van der Waals surface area contributed by atoms with Gasteiger partial charge in [-0.15, -0.1) is 0 Å². The Hall–Kier alpha value is -3.34. The molecule has 8 nitrogen and oxygen atoms in total. The number of pyridine rings is 1. The topological polar surface area (TPSA) is 101 Å². The van der Waals surface area contributed by atoms with Gasteiger partial charge in [0, 0.05) is 50.6 Å². The Labute approximate surface area is 192 Å². The minimum absolute atomic E-state index is 0.231. The first-order chi connectivity index (χ1) is 16.1. The van der Waals surface area contributed by atoms with Gasteiger partial charge < -0.3 is 24.6 Å². The van der Waals surface area contributed by atoms with Gasteiger partial charge in [0.05, 0.1) is 11.6 Å². The molecule has 2 aliphatic rings. The Morgan fingerprint density at radius 1 is 1.26 bits per heavy atom. The molecule has 11 heteroatoms. The number of rotatable bonds is 5. The minimum Gasteiger partial charge on any atom is -0.503 e. The summed E-state index contributed by atoms with van der Waals surface area (Å²) < 4.78 is 48.3. The van der Waals surface area contributed by atoms with Gasteiger partial charge in [0.2, 0.25) is 5.43 Å². The van der Waals surface area contributed by atoms with Crippen molar-refractivity contribution >= 4 is 11.8 Å². The first kappa shape index (κ1) is 23.8. The molecule has 1 aromatic carbocycles. The van der Waals surface area contributed by atoms with Crippen molar-refractivity contribution in [1.29, 1.82) is 0 Å². The maximum absolute atomic E-state index is 13.9. The van der Waals surface area contributed by atoms with Crippen molar-refractivity contribution in [3.05, 3.63) is 62.8 Å². The second-order valence-electron chi connectivity index (χ2n) is 8.50. The summed E-state index contributed by atoms with van der Waals surface area (Å²) in [5.41, 5.74) is -3.12. The van der Waals surface area contributed by atoms with Crippen LogP contribution < -0.4 is 10.7 Å². The number of carbonyl (C=O) groups excluding carboxylic acids is 2. The van der Waals surface area contributed by atoms with Crippen LogP contribution in [0.25, 0.3) is 0 Å². The lowest BCUT2D eigenvalue weighted by Crippen LogP contribution is -2.51. The third kappa shape index (κ3) is 3.73. The van der Waals surface area contributed by atoms with E-state index in [-0.39, 0.29) is 12.2 Å². The summed E-state index contributed by atoms with van der Waals surface area (Å²) in [5, 5.41) is 12.9. The van der Waals surface area contributed by atoms with Gasteiger partial charge in [0.1, 0.15) is 23.0 Å². The maximum atomic E-state index is 13.9. The summed E-state index contributed by atoms with van der Waals surface area (Å²) in [5.74, 6) is -5.92. The summed E-state index contributed by atoms with van der Waals surface area (Å²) in [7, 11) is 1.55. The second-order valence-corrected chi connectivity index (χ2v) is 8.50. The van der Waals surface area contributed by atoms with Gasteiger partial charge in [-0.3, -0.25) is 14.4 Å². The maximum Gasteiger partial charge on any atom is 0.274 e. The van der Waals surface area contributed by atoms with E-state index in [0.717, 1.165) is 0 Å². The van der Waals surface area contributed by atoms with Crippen molar-refractivity contribution in [2.45, 2.75) is 44.4 Å². The fourth-order valence-corrected chi connectivity index (χ4v) is 4.92. The molecule has 2 aliphatic heterocycles. The largest absolute Gasteiger partial charge is 0.503 e. The average Bonchev–Trinajstić information content (AvgIpc) is 2.97. The molecule has 1 saturated heterocycles. The first-order valence-corrected chi connectivity index (χ1v) is 10.9. The summed E-state index contributed by atoms with van der Waals surface area (Å²) in [6.07, 6.45) is 3.03. The van der Waals surface area contributed by atoms with Crippen LogP contribution in [-0.4, -0.2) is 52.2 Å². The molecule has 0 aliphatic carbocycles. The number of hydrogen-bond acceptors (Lipinski definition) is 5. The molecule has 2 N–H and O–H groups in total. The molecule has 3 heterocycles. The van der Waals surface area contributed by atoms with Crippen molar-refractivity contribution in [2.75, 3.05) is 20.2 Å². The smallest absolute Gasteiger partial charge is 0.274 e. The van der Waals surface area contributed by atoms with Gasteiger partial charge >= 0.3 is 0 Å². The highest BCUT2D eigenvalue weighted by Gasteiger charge is 2.47. The number of halogens is 3. The van der Waals surface area contributed by atoms with Crippen LogP contribution in [0, 0.1) is 17.5 Å². The second kappa shape index (κ2) is 8.79. The van der Waals surface area contributed by atoms with Crippen molar-refractivity contribution in [3.8, 4) is 5.75 Å². The molecule has 34 heavy (non-hydrogen) atoms. The van der Waals surface area contributed by atoms with Crippen molar-refractivity contribution in [3.63, 3.8) is 0 Å². The van der Waals surface area contributed by atoms with Crippen LogP contribution in [-0.2, 0) is 11.3 Å².